The Morgan fingerprint density at radius 2 is 1.75 bits per heavy atom. The van der Waals surface area contributed by atoms with E-state index in [4.69, 9.17) is 17.2 Å². The lowest BCUT2D eigenvalue weighted by Crippen LogP contribution is -2.37. The van der Waals surface area contributed by atoms with Crippen molar-refractivity contribution in [1.29, 1.82) is 0 Å². The van der Waals surface area contributed by atoms with Gasteiger partial charge in [0.25, 0.3) is 0 Å². The first-order valence-electron chi connectivity index (χ1n) is 2.72. The molecule has 0 bridgehead atoms. The molecule has 49 valence electrons. The SMILES string of the molecule is [CH2]CC(N)CC(N)N. The summed E-state index contributed by atoms with van der Waals surface area (Å²) in [6.45, 7) is 3.60. The van der Waals surface area contributed by atoms with Crippen molar-refractivity contribution in [2.24, 2.45) is 17.2 Å². The molecule has 0 aromatic heterocycles. The van der Waals surface area contributed by atoms with Gasteiger partial charge in [-0.2, -0.15) is 0 Å². The molecule has 3 heteroatoms. The average Bonchev–Trinajstić information content (AvgIpc) is 1.65. The maximum absolute atomic E-state index is 5.45. The number of nitrogens with two attached hydrogens (primary N) is 3. The summed E-state index contributed by atoms with van der Waals surface area (Å²) >= 11 is 0. The van der Waals surface area contributed by atoms with Crippen molar-refractivity contribution in [2.45, 2.75) is 25.0 Å². The first-order valence-corrected chi connectivity index (χ1v) is 2.72. The van der Waals surface area contributed by atoms with Crippen LogP contribution in [0, 0.1) is 6.92 Å². The van der Waals surface area contributed by atoms with Gasteiger partial charge in [0, 0.05) is 6.04 Å². The molecule has 0 aromatic carbocycles. The maximum Gasteiger partial charge on any atom is 0.0535 e. The minimum atomic E-state index is -0.285. The van der Waals surface area contributed by atoms with Gasteiger partial charge < -0.3 is 17.2 Å². The lowest BCUT2D eigenvalue weighted by Gasteiger charge is -2.09. The largest absolute Gasteiger partial charge is 0.328 e. The summed E-state index contributed by atoms with van der Waals surface area (Å²) in [4.78, 5) is 0. The Labute approximate surface area is 50.2 Å². The highest BCUT2D eigenvalue weighted by Crippen LogP contribution is 1.91. The highest BCUT2D eigenvalue weighted by molar-refractivity contribution is 4.66. The molecule has 0 aliphatic carbocycles. The van der Waals surface area contributed by atoms with Gasteiger partial charge in [0.15, 0.2) is 0 Å². The van der Waals surface area contributed by atoms with Gasteiger partial charge >= 0.3 is 0 Å². The van der Waals surface area contributed by atoms with Crippen molar-refractivity contribution in [3.05, 3.63) is 6.92 Å². The second-order valence-electron chi connectivity index (χ2n) is 1.95. The molecule has 0 spiro atoms. The van der Waals surface area contributed by atoms with Gasteiger partial charge in [-0.15, -0.1) is 0 Å². The zero-order valence-electron chi connectivity index (χ0n) is 5.01. The molecule has 0 aromatic rings. The van der Waals surface area contributed by atoms with Crippen LogP contribution in [0.3, 0.4) is 0 Å². The Bertz CT molecular complexity index is 53.6. The third kappa shape index (κ3) is 4.05. The minimum absolute atomic E-state index is 0.0648. The fourth-order valence-corrected chi connectivity index (χ4v) is 0.467. The van der Waals surface area contributed by atoms with Gasteiger partial charge in [0.05, 0.1) is 6.17 Å². The molecule has 6 N–H and O–H groups in total. The van der Waals surface area contributed by atoms with Crippen LogP contribution in [0.4, 0.5) is 0 Å². The highest BCUT2D eigenvalue weighted by Gasteiger charge is 2.00. The van der Waals surface area contributed by atoms with Crippen LogP contribution in [0.2, 0.25) is 0 Å². The topological polar surface area (TPSA) is 78.1 Å². The molecule has 1 unspecified atom stereocenters. The molecule has 0 aliphatic rings. The monoisotopic (exact) mass is 116 g/mol. The van der Waals surface area contributed by atoms with Gasteiger partial charge in [-0.05, 0) is 12.8 Å². The average molecular weight is 116 g/mol. The molecule has 0 heterocycles. The van der Waals surface area contributed by atoms with Crippen molar-refractivity contribution in [1.82, 2.24) is 0 Å². The van der Waals surface area contributed by atoms with Crippen molar-refractivity contribution in [3.8, 4) is 0 Å². The van der Waals surface area contributed by atoms with E-state index in [9.17, 15) is 0 Å². The van der Waals surface area contributed by atoms with E-state index >= 15 is 0 Å². The summed E-state index contributed by atoms with van der Waals surface area (Å²) in [5.74, 6) is 0. The van der Waals surface area contributed by atoms with E-state index in [1.807, 2.05) is 0 Å². The quantitative estimate of drug-likeness (QED) is 0.421. The molecule has 0 saturated carbocycles. The van der Waals surface area contributed by atoms with E-state index in [0.717, 1.165) is 0 Å². The van der Waals surface area contributed by atoms with Crippen molar-refractivity contribution in [2.75, 3.05) is 0 Å². The summed E-state index contributed by atoms with van der Waals surface area (Å²) in [6, 6.07) is 0.0648. The van der Waals surface area contributed by atoms with Gasteiger partial charge in [-0.1, -0.05) is 6.92 Å². The van der Waals surface area contributed by atoms with Crippen LogP contribution < -0.4 is 17.2 Å². The first kappa shape index (κ1) is 7.88. The van der Waals surface area contributed by atoms with Crippen molar-refractivity contribution >= 4 is 0 Å². The predicted octanol–water partition coefficient (Wildman–Crippen LogP) is -0.829. The predicted molar refractivity (Wildman–Crippen MR) is 34.7 cm³/mol. The first-order chi connectivity index (χ1) is 3.66. The molecule has 1 radical (unpaired) electrons. The second kappa shape index (κ2) is 3.83. The molecule has 0 aliphatic heterocycles. The second-order valence-corrected chi connectivity index (χ2v) is 1.95. The van der Waals surface area contributed by atoms with E-state index < -0.39 is 0 Å². The van der Waals surface area contributed by atoms with E-state index in [-0.39, 0.29) is 12.2 Å². The Hall–Kier alpha value is -0.120. The van der Waals surface area contributed by atoms with Crippen molar-refractivity contribution in [3.63, 3.8) is 0 Å². The normalized spacial score (nSPS) is 14.6. The summed E-state index contributed by atoms with van der Waals surface area (Å²) in [5, 5.41) is 0. The molecule has 0 fully saturated rings. The summed E-state index contributed by atoms with van der Waals surface area (Å²) < 4.78 is 0. The molecule has 0 amide bonds. The fourth-order valence-electron chi connectivity index (χ4n) is 0.467. The molecular formula is C5H14N3. The zero-order chi connectivity index (χ0) is 6.57. The minimum Gasteiger partial charge on any atom is -0.328 e. The molecule has 1 atom stereocenters. The van der Waals surface area contributed by atoms with Crippen LogP contribution in [-0.4, -0.2) is 12.2 Å². The van der Waals surface area contributed by atoms with Crippen LogP contribution >= 0.6 is 0 Å². The Morgan fingerprint density at radius 3 is 1.88 bits per heavy atom. The number of rotatable bonds is 3. The Kier molecular flexibility index (Phi) is 3.77. The van der Waals surface area contributed by atoms with Crippen LogP contribution in [0.25, 0.3) is 0 Å². The van der Waals surface area contributed by atoms with Gasteiger partial charge in [-0.3, -0.25) is 0 Å². The summed E-state index contributed by atoms with van der Waals surface area (Å²) in [6.07, 6.45) is 1.07. The Morgan fingerprint density at radius 1 is 1.25 bits per heavy atom. The lowest BCUT2D eigenvalue weighted by molar-refractivity contribution is 0.535. The van der Waals surface area contributed by atoms with Gasteiger partial charge in [0.2, 0.25) is 0 Å². The lowest BCUT2D eigenvalue weighted by atomic mass is 10.1. The van der Waals surface area contributed by atoms with Crippen LogP contribution in [-0.2, 0) is 0 Å². The molecule has 0 saturated heterocycles. The molecule has 0 rings (SSSR count). The van der Waals surface area contributed by atoms with Crippen LogP contribution in [0.1, 0.15) is 12.8 Å². The summed E-state index contributed by atoms with van der Waals surface area (Å²) in [5.41, 5.74) is 15.9. The number of hydrogen-bond donors (Lipinski definition) is 3. The van der Waals surface area contributed by atoms with Crippen LogP contribution in [0.5, 0.6) is 0 Å². The van der Waals surface area contributed by atoms with E-state index in [1.54, 1.807) is 0 Å². The molecule has 3 nitrogen and oxygen atoms in total. The smallest absolute Gasteiger partial charge is 0.0535 e. The molecular weight excluding hydrogens is 102 g/mol. The summed E-state index contributed by atoms with van der Waals surface area (Å²) in [7, 11) is 0. The highest BCUT2D eigenvalue weighted by atomic mass is 14.9. The Balaban J connectivity index is 3.10. The van der Waals surface area contributed by atoms with E-state index in [1.165, 1.54) is 0 Å². The van der Waals surface area contributed by atoms with Crippen molar-refractivity contribution < 1.29 is 0 Å². The van der Waals surface area contributed by atoms with Gasteiger partial charge in [-0.25, -0.2) is 0 Å². The number of hydrogen-bond acceptors (Lipinski definition) is 3. The van der Waals surface area contributed by atoms with Gasteiger partial charge in [0.1, 0.15) is 0 Å². The zero-order valence-corrected chi connectivity index (χ0v) is 5.01. The fraction of sp³-hybridized carbons (Fsp3) is 0.800. The third-order valence-corrected chi connectivity index (χ3v) is 0.946. The maximum atomic E-state index is 5.45. The van der Waals surface area contributed by atoms with E-state index in [0.29, 0.717) is 12.8 Å². The molecule has 8 heavy (non-hydrogen) atoms. The van der Waals surface area contributed by atoms with Crippen LogP contribution in [0.15, 0.2) is 0 Å². The van der Waals surface area contributed by atoms with E-state index in [2.05, 4.69) is 6.92 Å². The third-order valence-electron chi connectivity index (χ3n) is 0.946. The standard InChI is InChI=1S/C5H14N3/c1-2-4(6)3-5(7)8/h4-5H,1-3,6-8H2.